The second-order valence-corrected chi connectivity index (χ2v) is 5.40. The molecule has 0 atom stereocenters. The zero-order chi connectivity index (χ0) is 17.8. The molecule has 7 nitrogen and oxygen atoms in total. The molecule has 7 heteroatoms. The maximum absolute atomic E-state index is 11.3. The maximum Gasteiger partial charge on any atom is 0.293 e. The van der Waals surface area contributed by atoms with E-state index in [1.807, 2.05) is 31.2 Å². The van der Waals surface area contributed by atoms with Crippen molar-refractivity contribution in [2.45, 2.75) is 6.92 Å². The van der Waals surface area contributed by atoms with Gasteiger partial charge < -0.3 is 9.84 Å². The first-order chi connectivity index (χ1) is 12.1. The van der Waals surface area contributed by atoms with E-state index in [2.05, 4.69) is 22.0 Å². The number of nitrogens with zero attached hydrogens (tertiary/aromatic N) is 3. The van der Waals surface area contributed by atoms with Crippen LogP contribution in [0.15, 0.2) is 59.6 Å². The van der Waals surface area contributed by atoms with Crippen LogP contribution >= 0.6 is 0 Å². The van der Waals surface area contributed by atoms with E-state index >= 15 is 0 Å². The van der Waals surface area contributed by atoms with Crippen LogP contribution in [0.5, 0.6) is 0 Å². The van der Waals surface area contributed by atoms with E-state index in [1.165, 1.54) is 6.07 Å². The van der Waals surface area contributed by atoms with Gasteiger partial charge in [-0.25, -0.2) is 0 Å². The lowest BCUT2D eigenvalue weighted by molar-refractivity contribution is -0.383. The number of nitro groups is 1. The molecule has 0 aliphatic carbocycles. The summed E-state index contributed by atoms with van der Waals surface area (Å²) in [6.07, 6.45) is 1.63. The van der Waals surface area contributed by atoms with E-state index in [4.69, 9.17) is 4.52 Å². The lowest BCUT2D eigenvalue weighted by Crippen LogP contribution is -2.02. The van der Waals surface area contributed by atoms with Crippen molar-refractivity contribution in [1.82, 2.24) is 10.1 Å². The topological polar surface area (TPSA) is 94.1 Å². The molecule has 0 spiro atoms. The van der Waals surface area contributed by atoms with Gasteiger partial charge in [-0.05, 0) is 24.6 Å². The Hall–Kier alpha value is -3.48. The van der Waals surface area contributed by atoms with Gasteiger partial charge in [-0.3, -0.25) is 10.1 Å². The smallest absolute Gasteiger partial charge is 0.293 e. The lowest BCUT2D eigenvalue weighted by atomic mass is 10.1. The van der Waals surface area contributed by atoms with E-state index in [0.717, 1.165) is 11.1 Å². The number of rotatable bonds is 6. The van der Waals surface area contributed by atoms with Crippen LogP contribution in [0.3, 0.4) is 0 Å². The predicted octanol–water partition coefficient (Wildman–Crippen LogP) is 4.22. The minimum Gasteiger partial charge on any atom is -0.376 e. The van der Waals surface area contributed by atoms with Gasteiger partial charge in [-0.1, -0.05) is 35.5 Å². The molecule has 0 saturated carbocycles. The van der Waals surface area contributed by atoms with Gasteiger partial charge in [0.2, 0.25) is 5.82 Å². The summed E-state index contributed by atoms with van der Waals surface area (Å²) >= 11 is 0. The molecule has 3 rings (SSSR count). The van der Waals surface area contributed by atoms with Crippen LogP contribution in [0.2, 0.25) is 0 Å². The number of benzene rings is 2. The molecule has 0 bridgehead atoms. The number of hydrogen-bond donors (Lipinski definition) is 1. The number of aromatic nitrogens is 2. The van der Waals surface area contributed by atoms with Crippen LogP contribution in [0.1, 0.15) is 5.56 Å². The van der Waals surface area contributed by atoms with Gasteiger partial charge in [0.25, 0.3) is 11.6 Å². The summed E-state index contributed by atoms with van der Waals surface area (Å²) in [4.78, 5) is 15.2. The summed E-state index contributed by atoms with van der Waals surface area (Å²) in [5, 5.41) is 18.2. The Labute approximate surface area is 144 Å². The van der Waals surface area contributed by atoms with Crippen molar-refractivity contribution in [2.75, 3.05) is 11.9 Å². The highest BCUT2D eigenvalue weighted by atomic mass is 16.6. The summed E-state index contributed by atoms with van der Waals surface area (Å²) in [5.74, 6) is 0.682. The average molecular weight is 336 g/mol. The van der Waals surface area contributed by atoms with Crippen molar-refractivity contribution < 1.29 is 9.45 Å². The maximum atomic E-state index is 11.3. The minimum absolute atomic E-state index is 0.0602. The first kappa shape index (κ1) is 16.4. The largest absolute Gasteiger partial charge is 0.376 e. The van der Waals surface area contributed by atoms with E-state index in [-0.39, 0.29) is 11.6 Å². The molecule has 2 aromatic carbocycles. The monoisotopic (exact) mass is 336 g/mol. The van der Waals surface area contributed by atoms with E-state index in [9.17, 15) is 10.1 Å². The van der Waals surface area contributed by atoms with Gasteiger partial charge in [0, 0.05) is 23.7 Å². The van der Waals surface area contributed by atoms with Crippen LogP contribution in [0.25, 0.3) is 22.8 Å². The van der Waals surface area contributed by atoms with E-state index < -0.39 is 4.92 Å². The minimum atomic E-state index is -0.451. The molecule has 126 valence electrons. The van der Waals surface area contributed by atoms with Crippen molar-refractivity contribution in [1.29, 1.82) is 0 Å². The van der Waals surface area contributed by atoms with E-state index in [1.54, 1.807) is 18.2 Å². The SMILES string of the molecule is C=CCNc1ccc(-c2nc(-c3ccccc3C)no2)cc1[N+](=O)[O-]. The van der Waals surface area contributed by atoms with Gasteiger partial charge in [0.15, 0.2) is 0 Å². The van der Waals surface area contributed by atoms with Crippen molar-refractivity contribution in [3.8, 4) is 22.8 Å². The zero-order valence-electron chi connectivity index (χ0n) is 13.6. The summed E-state index contributed by atoms with van der Waals surface area (Å²) in [6.45, 7) is 5.97. The number of aryl methyl sites for hydroxylation is 1. The first-order valence-corrected chi connectivity index (χ1v) is 7.63. The summed E-state index contributed by atoms with van der Waals surface area (Å²) in [5.41, 5.74) is 2.71. The Morgan fingerprint density at radius 3 is 2.84 bits per heavy atom. The van der Waals surface area contributed by atoms with Gasteiger partial charge in [-0.15, -0.1) is 6.58 Å². The molecule has 0 radical (unpaired) electrons. The Morgan fingerprint density at radius 1 is 1.32 bits per heavy atom. The van der Waals surface area contributed by atoms with Gasteiger partial charge in [0.1, 0.15) is 5.69 Å². The molecule has 1 aromatic heterocycles. The van der Waals surface area contributed by atoms with Crippen molar-refractivity contribution in [2.24, 2.45) is 0 Å². The fourth-order valence-electron chi connectivity index (χ4n) is 2.42. The first-order valence-electron chi connectivity index (χ1n) is 7.63. The third kappa shape index (κ3) is 3.40. The summed E-state index contributed by atoms with van der Waals surface area (Å²) in [7, 11) is 0. The highest BCUT2D eigenvalue weighted by Crippen LogP contribution is 2.31. The molecule has 3 aromatic rings. The molecule has 0 fully saturated rings. The van der Waals surface area contributed by atoms with E-state index in [0.29, 0.717) is 23.6 Å². The van der Waals surface area contributed by atoms with Crippen molar-refractivity contribution in [3.05, 3.63) is 70.8 Å². The fraction of sp³-hybridized carbons (Fsp3) is 0.111. The second-order valence-electron chi connectivity index (χ2n) is 5.40. The van der Waals surface area contributed by atoms with Crippen LogP contribution in [-0.4, -0.2) is 21.6 Å². The molecule has 0 aliphatic rings. The molecule has 1 heterocycles. The average Bonchev–Trinajstić information content (AvgIpc) is 3.10. The fourth-order valence-corrected chi connectivity index (χ4v) is 2.42. The molecular weight excluding hydrogens is 320 g/mol. The Balaban J connectivity index is 1.97. The van der Waals surface area contributed by atoms with Crippen molar-refractivity contribution >= 4 is 11.4 Å². The molecular formula is C18H16N4O3. The Bertz CT molecular complexity index is 934. The molecule has 0 amide bonds. The molecule has 0 unspecified atom stereocenters. The van der Waals surface area contributed by atoms with Gasteiger partial charge in [-0.2, -0.15) is 4.98 Å². The highest BCUT2D eigenvalue weighted by molar-refractivity contribution is 5.71. The third-order valence-corrected chi connectivity index (χ3v) is 3.69. The predicted molar refractivity (Wildman–Crippen MR) is 95.2 cm³/mol. The lowest BCUT2D eigenvalue weighted by Gasteiger charge is -2.05. The second kappa shape index (κ2) is 6.96. The van der Waals surface area contributed by atoms with Crippen molar-refractivity contribution in [3.63, 3.8) is 0 Å². The zero-order valence-corrected chi connectivity index (χ0v) is 13.6. The summed E-state index contributed by atoms with van der Waals surface area (Å²) in [6, 6.07) is 12.4. The Morgan fingerprint density at radius 2 is 2.12 bits per heavy atom. The van der Waals surface area contributed by atoms with Crippen LogP contribution in [-0.2, 0) is 0 Å². The normalized spacial score (nSPS) is 10.4. The highest BCUT2D eigenvalue weighted by Gasteiger charge is 2.18. The Kier molecular flexibility index (Phi) is 4.56. The van der Waals surface area contributed by atoms with Crippen LogP contribution < -0.4 is 5.32 Å². The van der Waals surface area contributed by atoms with Gasteiger partial charge >= 0.3 is 0 Å². The number of nitro benzene ring substituents is 1. The molecule has 0 aliphatic heterocycles. The number of anilines is 1. The standard InChI is InChI=1S/C18H16N4O3/c1-3-10-19-15-9-8-13(11-16(15)22(23)24)18-20-17(21-25-18)14-7-5-4-6-12(14)2/h3-9,11,19H,1,10H2,2H3. The third-order valence-electron chi connectivity index (χ3n) is 3.69. The van der Waals surface area contributed by atoms with Crippen LogP contribution in [0, 0.1) is 17.0 Å². The number of nitrogens with one attached hydrogen (secondary N) is 1. The van der Waals surface area contributed by atoms with Crippen LogP contribution in [0.4, 0.5) is 11.4 Å². The molecule has 1 N–H and O–H groups in total. The van der Waals surface area contributed by atoms with Gasteiger partial charge in [0.05, 0.1) is 4.92 Å². The summed E-state index contributed by atoms with van der Waals surface area (Å²) < 4.78 is 5.30. The molecule has 25 heavy (non-hydrogen) atoms. The number of hydrogen-bond acceptors (Lipinski definition) is 6. The quantitative estimate of drug-likeness (QED) is 0.411. The molecule has 0 saturated heterocycles.